The zero-order valence-corrected chi connectivity index (χ0v) is 16.1. The first-order valence-electron chi connectivity index (χ1n) is 8.91. The highest BCUT2D eigenvalue weighted by atomic mass is 79.9. The number of hydrogen-bond acceptors (Lipinski definition) is 5. The first-order valence-corrected chi connectivity index (χ1v) is 9.70. The molecule has 0 bridgehead atoms. The lowest BCUT2D eigenvalue weighted by Crippen LogP contribution is -2.40. The second-order valence-corrected chi connectivity index (χ2v) is 7.86. The molecular weight excluding hydrogens is 412 g/mol. The van der Waals surface area contributed by atoms with E-state index in [1.54, 1.807) is 17.0 Å². The number of carbonyl (C=O) groups excluding carboxylic acids is 2. The highest BCUT2D eigenvalue weighted by Gasteiger charge is 2.38. The average molecular weight is 429 g/mol. The van der Waals surface area contributed by atoms with Crippen LogP contribution >= 0.6 is 15.9 Å². The Labute approximate surface area is 164 Å². The van der Waals surface area contributed by atoms with Crippen LogP contribution in [0, 0.1) is 0 Å². The fraction of sp³-hybridized carbons (Fsp3) is 0.300. The number of nitrogens with zero attached hydrogens (tertiary/aromatic N) is 2. The second kappa shape index (κ2) is 6.35. The fourth-order valence-electron chi connectivity index (χ4n) is 4.08. The number of hydrogen-bond donors (Lipinski definition) is 0. The van der Waals surface area contributed by atoms with Crippen molar-refractivity contribution in [1.29, 1.82) is 0 Å². The SMILES string of the molecule is O=C1C(=O)N(CN2CCCC2c2ccc3c(c2)OCO3)c2cc(Br)ccc21. The molecule has 6 nitrogen and oxygen atoms in total. The molecule has 3 aliphatic rings. The third kappa shape index (κ3) is 2.73. The summed E-state index contributed by atoms with van der Waals surface area (Å²) in [6.45, 7) is 1.52. The van der Waals surface area contributed by atoms with Crippen LogP contribution in [0.2, 0.25) is 0 Å². The van der Waals surface area contributed by atoms with E-state index < -0.39 is 11.7 Å². The van der Waals surface area contributed by atoms with Crippen molar-refractivity contribution in [2.24, 2.45) is 0 Å². The summed E-state index contributed by atoms with van der Waals surface area (Å²) in [5, 5.41) is 0. The van der Waals surface area contributed by atoms with Gasteiger partial charge in [0.25, 0.3) is 5.78 Å². The topological polar surface area (TPSA) is 59.1 Å². The number of rotatable bonds is 3. The summed E-state index contributed by atoms with van der Waals surface area (Å²) in [5.41, 5.74) is 2.29. The van der Waals surface area contributed by atoms with E-state index in [1.165, 1.54) is 0 Å². The smallest absolute Gasteiger partial charge is 0.300 e. The van der Waals surface area contributed by atoms with Gasteiger partial charge in [-0.15, -0.1) is 0 Å². The number of ketones is 1. The van der Waals surface area contributed by atoms with E-state index in [2.05, 4.69) is 26.9 Å². The molecule has 0 radical (unpaired) electrons. The highest BCUT2D eigenvalue weighted by molar-refractivity contribution is 9.10. The van der Waals surface area contributed by atoms with Crippen LogP contribution in [0.5, 0.6) is 11.5 Å². The molecular formula is C20H17BrN2O4. The van der Waals surface area contributed by atoms with Gasteiger partial charge in [-0.1, -0.05) is 22.0 Å². The molecule has 2 aromatic carbocycles. The molecule has 3 aliphatic heterocycles. The molecule has 1 saturated heterocycles. The summed E-state index contributed by atoms with van der Waals surface area (Å²) in [5.74, 6) is 0.638. The molecule has 5 rings (SSSR count). The maximum atomic E-state index is 12.6. The molecule has 0 aromatic heterocycles. The van der Waals surface area contributed by atoms with Gasteiger partial charge in [-0.05, 0) is 48.7 Å². The Hall–Kier alpha value is -2.38. The van der Waals surface area contributed by atoms with E-state index in [-0.39, 0.29) is 12.8 Å². The van der Waals surface area contributed by atoms with Crippen molar-refractivity contribution in [2.75, 3.05) is 24.9 Å². The van der Waals surface area contributed by atoms with Crippen LogP contribution in [0.3, 0.4) is 0 Å². The highest BCUT2D eigenvalue weighted by Crippen LogP contribution is 2.40. The van der Waals surface area contributed by atoms with Crippen molar-refractivity contribution >= 4 is 33.3 Å². The van der Waals surface area contributed by atoms with Crippen LogP contribution in [0.15, 0.2) is 40.9 Å². The fourth-order valence-corrected chi connectivity index (χ4v) is 4.43. The molecule has 1 unspecified atom stereocenters. The molecule has 138 valence electrons. The summed E-state index contributed by atoms with van der Waals surface area (Å²) in [6.07, 6.45) is 2.04. The van der Waals surface area contributed by atoms with Gasteiger partial charge in [0.1, 0.15) is 0 Å². The monoisotopic (exact) mass is 428 g/mol. The maximum Gasteiger partial charge on any atom is 0.300 e. The second-order valence-electron chi connectivity index (χ2n) is 6.95. The minimum Gasteiger partial charge on any atom is -0.454 e. The number of ether oxygens (including phenoxy) is 2. The maximum absolute atomic E-state index is 12.6. The van der Waals surface area contributed by atoms with Crippen LogP contribution in [-0.4, -0.2) is 36.6 Å². The molecule has 0 spiro atoms. The van der Waals surface area contributed by atoms with Gasteiger partial charge < -0.3 is 9.47 Å². The Bertz CT molecular complexity index is 961. The normalized spacial score (nSPS) is 21.2. The molecule has 2 aromatic rings. The van der Waals surface area contributed by atoms with E-state index in [1.807, 2.05) is 18.2 Å². The minimum absolute atomic E-state index is 0.179. The molecule has 27 heavy (non-hydrogen) atoms. The Morgan fingerprint density at radius 3 is 2.81 bits per heavy atom. The van der Waals surface area contributed by atoms with Gasteiger partial charge in [-0.2, -0.15) is 0 Å². The Morgan fingerprint density at radius 2 is 1.93 bits per heavy atom. The van der Waals surface area contributed by atoms with Gasteiger partial charge in [0.05, 0.1) is 17.9 Å². The molecule has 0 N–H and O–H groups in total. The van der Waals surface area contributed by atoms with Crippen molar-refractivity contribution < 1.29 is 19.1 Å². The molecule has 1 fully saturated rings. The number of anilines is 1. The van der Waals surface area contributed by atoms with Gasteiger partial charge in [0.2, 0.25) is 6.79 Å². The molecule has 0 aliphatic carbocycles. The van der Waals surface area contributed by atoms with Crippen LogP contribution in [0.4, 0.5) is 5.69 Å². The van der Waals surface area contributed by atoms with E-state index in [0.717, 1.165) is 40.9 Å². The largest absolute Gasteiger partial charge is 0.454 e. The molecule has 1 atom stereocenters. The Morgan fingerprint density at radius 1 is 1.07 bits per heavy atom. The number of Topliss-reactive ketones (excluding diaryl/α,β-unsaturated/α-hetero) is 1. The summed E-state index contributed by atoms with van der Waals surface area (Å²) >= 11 is 3.43. The lowest BCUT2D eigenvalue weighted by Gasteiger charge is -2.29. The molecule has 7 heteroatoms. The average Bonchev–Trinajstić information content (AvgIpc) is 3.37. The van der Waals surface area contributed by atoms with Crippen molar-refractivity contribution in [1.82, 2.24) is 4.90 Å². The molecule has 0 saturated carbocycles. The summed E-state index contributed by atoms with van der Waals surface area (Å²) in [4.78, 5) is 28.7. The third-order valence-electron chi connectivity index (χ3n) is 5.40. The lowest BCUT2D eigenvalue weighted by atomic mass is 10.0. The van der Waals surface area contributed by atoms with E-state index in [4.69, 9.17) is 9.47 Å². The van der Waals surface area contributed by atoms with Crippen LogP contribution in [-0.2, 0) is 4.79 Å². The van der Waals surface area contributed by atoms with Crippen LogP contribution in [0.25, 0.3) is 0 Å². The van der Waals surface area contributed by atoms with Gasteiger partial charge >= 0.3 is 5.91 Å². The first-order chi connectivity index (χ1) is 13.1. The van der Waals surface area contributed by atoms with Gasteiger partial charge in [-0.25, -0.2) is 0 Å². The predicted octanol–water partition coefficient (Wildman–Crippen LogP) is 3.50. The number of benzene rings is 2. The zero-order chi connectivity index (χ0) is 18.5. The molecule has 1 amide bonds. The summed E-state index contributed by atoms with van der Waals surface area (Å²) < 4.78 is 11.7. The van der Waals surface area contributed by atoms with Crippen molar-refractivity contribution in [2.45, 2.75) is 18.9 Å². The first kappa shape index (κ1) is 16.8. The zero-order valence-electron chi connectivity index (χ0n) is 14.5. The number of halogens is 1. The van der Waals surface area contributed by atoms with Crippen molar-refractivity contribution in [3.63, 3.8) is 0 Å². The Balaban J connectivity index is 1.43. The molecule has 3 heterocycles. The summed E-state index contributed by atoms with van der Waals surface area (Å²) in [7, 11) is 0. The predicted molar refractivity (Wildman–Crippen MR) is 102 cm³/mol. The van der Waals surface area contributed by atoms with Gasteiger partial charge in [-0.3, -0.25) is 19.4 Å². The third-order valence-corrected chi connectivity index (χ3v) is 5.90. The van der Waals surface area contributed by atoms with E-state index in [9.17, 15) is 9.59 Å². The van der Waals surface area contributed by atoms with Crippen molar-refractivity contribution in [3.05, 3.63) is 52.0 Å². The Kier molecular flexibility index (Phi) is 3.94. The summed E-state index contributed by atoms with van der Waals surface area (Å²) in [6, 6.07) is 11.5. The van der Waals surface area contributed by atoms with Gasteiger partial charge in [0.15, 0.2) is 11.5 Å². The van der Waals surface area contributed by atoms with Crippen LogP contribution < -0.4 is 14.4 Å². The lowest BCUT2D eigenvalue weighted by molar-refractivity contribution is -0.114. The number of fused-ring (bicyclic) bond motifs is 2. The quantitative estimate of drug-likeness (QED) is 0.700. The number of amides is 1. The number of likely N-dealkylation sites (tertiary alicyclic amines) is 1. The van der Waals surface area contributed by atoms with E-state index >= 15 is 0 Å². The van der Waals surface area contributed by atoms with E-state index in [0.29, 0.717) is 17.9 Å². The van der Waals surface area contributed by atoms with Crippen molar-refractivity contribution in [3.8, 4) is 11.5 Å². The van der Waals surface area contributed by atoms with Crippen LogP contribution in [0.1, 0.15) is 34.8 Å². The standard InChI is InChI=1S/C20H17BrN2O4/c21-13-4-5-14-16(9-13)23(20(25)19(14)24)10-22-7-1-2-15(22)12-3-6-17-18(8-12)27-11-26-17/h3-6,8-9,15H,1-2,7,10-11H2. The minimum atomic E-state index is -0.459. The van der Waals surface area contributed by atoms with Gasteiger partial charge in [0, 0.05) is 17.1 Å². The number of carbonyl (C=O) groups is 2.